The van der Waals surface area contributed by atoms with Gasteiger partial charge in [0.25, 0.3) is 0 Å². The van der Waals surface area contributed by atoms with Crippen molar-refractivity contribution in [2.45, 2.75) is 45.8 Å². The van der Waals surface area contributed by atoms with E-state index in [4.69, 9.17) is 9.72 Å². The maximum atomic E-state index is 12.9. The molecule has 2 heterocycles. The van der Waals surface area contributed by atoms with Crippen LogP contribution < -0.4 is 9.64 Å². The number of nitrogens with zero attached hydrogens (tertiary/aromatic N) is 3. The number of hydrogen-bond acceptors (Lipinski definition) is 4. The summed E-state index contributed by atoms with van der Waals surface area (Å²) in [7, 11) is 0. The molecule has 180 valence electrons. The summed E-state index contributed by atoms with van der Waals surface area (Å²) in [5.41, 5.74) is 6.22. The van der Waals surface area contributed by atoms with E-state index >= 15 is 0 Å². The van der Waals surface area contributed by atoms with E-state index in [0.29, 0.717) is 19.5 Å². The van der Waals surface area contributed by atoms with E-state index in [1.807, 2.05) is 85.5 Å². The molecule has 1 saturated heterocycles. The zero-order chi connectivity index (χ0) is 24.5. The summed E-state index contributed by atoms with van der Waals surface area (Å²) in [6.07, 6.45) is -0.329. The van der Waals surface area contributed by atoms with E-state index in [2.05, 4.69) is 11.5 Å². The van der Waals surface area contributed by atoms with Crippen molar-refractivity contribution in [1.29, 1.82) is 0 Å². The minimum Gasteiger partial charge on any atom is -0.491 e. The van der Waals surface area contributed by atoms with Gasteiger partial charge < -0.3 is 19.3 Å². The van der Waals surface area contributed by atoms with E-state index in [9.17, 15) is 9.90 Å². The van der Waals surface area contributed by atoms with Gasteiger partial charge in [-0.05, 0) is 73.9 Å². The minimum atomic E-state index is -0.724. The lowest BCUT2D eigenvalue weighted by Crippen LogP contribution is -2.26. The molecule has 0 spiro atoms. The molecule has 0 bridgehead atoms. The molecule has 1 amide bonds. The second-order valence-corrected chi connectivity index (χ2v) is 9.52. The van der Waals surface area contributed by atoms with E-state index in [1.165, 1.54) is 5.56 Å². The van der Waals surface area contributed by atoms with Crippen LogP contribution >= 0.6 is 0 Å². The molecule has 2 atom stereocenters. The number of anilines is 1. The lowest BCUT2D eigenvalue weighted by Gasteiger charge is -2.19. The molecule has 6 heteroatoms. The molecule has 0 aliphatic carbocycles. The largest absolute Gasteiger partial charge is 0.491 e. The maximum Gasteiger partial charge on any atom is 0.227 e. The quantitative estimate of drug-likeness (QED) is 0.417. The van der Waals surface area contributed by atoms with Crippen molar-refractivity contribution >= 4 is 22.6 Å². The Hall–Kier alpha value is -3.64. The number of hydrogen-bond donors (Lipinski definition) is 1. The standard InChI is InChI=1S/C29H31N3O3/c1-19-7-6-8-23(13-19)31-16-22(15-28(31)34)29-30-26-9-4-5-10-27(26)32(29)17-24(33)18-35-25-12-11-20(2)21(3)14-25/h4-14,22,24,33H,15-18H2,1-3H3/t22-,24-/m1/s1. The summed E-state index contributed by atoms with van der Waals surface area (Å²) in [4.78, 5) is 19.7. The average Bonchev–Trinajstić information content (AvgIpc) is 3.40. The Bertz CT molecular complexity index is 1380. The number of ether oxygens (including phenoxy) is 1. The molecule has 4 aromatic rings. The Balaban J connectivity index is 1.37. The Kier molecular flexibility index (Phi) is 6.31. The number of carbonyl (C=O) groups excluding carboxylic acids is 1. The number of carbonyl (C=O) groups is 1. The van der Waals surface area contributed by atoms with Gasteiger partial charge in [-0.15, -0.1) is 0 Å². The van der Waals surface area contributed by atoms with Crippen LogP contribution in [-0.4, -0.2) is 39.8 Å². The van der Waals surface area contributed by atoms with Gasteiger partial charge in [-0.3, -0.25) is 4.79 Å². The fraction of sp³-hybridized carbons (Fsp3) is 0.310. The van der Waals surface area contributed by atoms with Crippen LogP contribution in [0.15, 0.2) is 66.7 Å². The summed E-state index contributed by atoms with van der Waals surface area (Å²) in [6, 6.07) is 21.9. The van der Waals surface area contributed by atoms with Gasteiger partial charge in [-0.1, -0.05) is 30.3 Å². The highest BCUT2D eigenvalue weighted by molar-refractivity contribution is 5.96. The molecule has 0 unspecified atom stereocenters. The van der Waals surface area contributed by atoms with Crippen molar-refractivity contribution in [3.63, 3.8) is 0 Å². The molecule has 1 aliphatic rings. The maximum absolute atomic E-state index is 12.9. The number of fused-ring (bicyclic) bond motifs is 1. The van der Waals surface area contributed by atoms with E-state index in [-0.39, 0.29) is 18.4 Å². The number of rotatable bonds is 7. The first-order chi connectivity index (χ1) is 16.9. The number of aliphatic hydroxyl groups is 1. The lowest BCUT2D eigenvalue weighted by molar-refractivity contribution is -0.117. The monoisotopic (exact) mass is 469 g/mol. The van der Waals surface area contributed by atoms with Crippen LogP contribution in [0.2, 0.25) is 0 Å². The summed E-state index contributed by atoms with van der Waals surface area (Å²) >= 11 is 0. The van der Waals surface area contributed by atoms with Crippen molar-refractivity contribution in [3.8, 4) is 5.75 Å². The first kappa shape index (κ1) is 23.1. The number of imidazole rings is 1. The van der Waals surface area contributed by atoms with Crippen molar-refractivity contribution in [2.24, 2.45) is 0 Å². The molecule has 0 radical (unpaired) electrons. The fourth-order valence-electron chi connectivity index (χ4n) is 4.78. The van der Waals surface area contributed by atoms with Gasteiger partial charge in [0.2, 0.25) is 5.91 Å². The van der Waals surface area contributed by atoms with Crippen LogP contribution in [0.1, 0.15) is 34.9 Å². The average molecular weight is 470 g/mol. The number of amides is 1. The Morgan fingerprint density at radius 3 is 2.66 bits per heavy atom. The van der Waals surface area contributed by atoms with Crippen LogP contribution in [0.3, 0.4) is 0 Å². The van der Waals surface area contributed by atoms with Crippen LogP contribution in [0, 0.1) is 20.8 Å². The second kappa shape index (κ2) is 9.55. The number of aromatic nitrogens is 2. The van der Waals surface area contributed by atoms with Gasteiger partial charge in [0.15, 0.2) is 0 Å². The molecular formula is C29H31N3O3. The van der Waals surface area contributed by atoms with Crippen LogP contribution in [0.5, 0.6) is 5.75 Å². The predicted molar refractivity (Wildman–Crippen MR) is 138 cm³/mol. The molecule has 0 saturated carbocycles. The highest BCUT2D eigenvalue weighted by Crippen LogP contribution is 2.33. The number of para-hydroxylation sites is 2. The summed E-state index contributed by atoms with van der Waals surface area (Å²) in [5.74, 6) is 1.62. The third-order valence-electron chi connectivity index (χ3n) is 6.80. The highest BCUT2D eigenvalue weighted by atomic mass is 16.5. The zero-order valence-corrected chi connectivity index (χ0v) is 20.4. The molecule has 1 aromatic heterocycles. The Morgan fingerprint density at radius 1 is 1.03 bits per heavy atom. The molecule has 1 N–H and O–H groups in total. The SMILES string of the molecule is Cc1cccc(N2C[C@H](c3nc4ccccc4n3C[C@@H](O)COc3ccc(C)c(C)c3)CC2=O)c1. The summed E-state index contributed by atoms with van der Waals surface area (Å²) in [6.45, 7) is 7.23. The zero-order valence-electron chi connectivity index (χ0n) is 20.4. The molecule has 5 rings (SSSR count). The molecule has 6 nitrogen and oxygen atoms in total. The van der Waals surface area contributed by atoms with Crippen LogP contribution in [0.4, 0.5) is 5.69 Å². The van der Waals surface area contributed by atoms with E-state index < -0.39 is 6.10 Å². The summed E-state index contributed by atoms with van der Waals surface area (Å²) < 4.78 is 7.94. The fourth-order valence-corrected chi connectivity index (χ4v) is 4.78. The van der Waals surface area contributed by atoms with Crippen LogP contribution in [0.25, 0.3) is 11.0 Å². The Morgan fingerprint density at radius 2 is 1.86 bits per heavy atom. The smallest absolute Gasteiger partial charge is 0.227 e. The molecule has 35 heavy (non-hydrogen) atoms. The Labute approximate surface area is 205 Å². The van der Waals surface area contributed by atoms with Gasteiger partial charge in [-0.2, -0.15) is 0 Å². The van der Waals surface area contributed by atoms with Gasteiger partial charge in [0, 0.05) is 24.6 Å². The number of aryl methyl sites for hydroxylation is 3. The highest BCUT2D eigenvalue weighted by Gasteiger charge is 2.35. The third-order valence-corrected chi connectivity index (χ3v) is 6.80. The molecule has 1 fully saturated rings. The third kappa shape index (κ3) is 4.80. The first-order valence-corrected chi connectivity index (χ1v) is 12.1. The molecular weight excluding hydrogens is 438 g/mol. The van der Waals surface area contributed by atoms with Gasteiger partial charge in [-0.25, -0.2) is 4.98 Å². The van der Waals surface area contributed by atoms with Crippen molar-refractivity contribution in [3.05, 3.63) is 89.2 Å². The number of benzene rings is 3. The topological polar surface area (TPSA) is 67.6 Å². The van der Waals surface area contributed by atoms with E-state index in [1.54, 1.807) is 0 Å². The van der Waals surface area contributed by atoms with Gasteiger partial charge in [0.05, 0.1) is 17.6 Å². The number of aliphatic hydroxyl groups excluding tert-OH is 1. The van der Waals surface area contributed by atoms with Crippen molar-refractivity contribution < 1.29 is 14.6 Å². The second-order valence-electron chi connectivity index (χ2n) is 9.52. The van der Waals surface area contributed by atoms with Gasteiger partial charge in [0.1, 0.15) is 24.3 Å². The molecule has 3 aromatic carbocycles. The molecule has 1 aliphatic heterocycles. The lowest BCUT2D eigenvalue weighted by atomic mass is 10.1. The predicted octanol–water partition coefficient (Wildman–Crippen LogP) is 4.92. The first-order valence-electron chi connectivity index (χ1n) is 12.1. The van der Waals surface area contributed by atoms with E-state index in [0.717, 1.165) is 39.4 Å². The normalized spacial score (nSPS) is 16.7. The summed E-state index contributed by atoms with van der Waals surface area (Å²) in [5, 5.41) is 10.9. The van der Waals surface area contributed by atoms with Gasteiger partial charge >= 0.3 is 0 Å². The minimum absolute atomic E-state index is 0.0525. The van der Waals surface area contributed by atoms with Crippen molar-refractivity contribution in [2.75, 3.05) is 18.1 Å². The van der Waals surface area contributed by atoms with Crippen LogP contribution in [-0.2, 0) is 11.3 Å². The van der Waals surface area contributed by atoms with Crippen molar-refractivity contribution in [1.82, 2.24) is 9.55 Å².